The van der Waals surface area contributed by atoms with Crippen molar-refractivity contribution in [1.82, 2.24) is 19.4 Å². The monoisotopic (exact) mass is 337 g/mol. The smallest absolute Gasteiger partial charge is 0.213 e. The number of nitriles is 1. The van der Waals surface area contributed by atoms with E-state index >= 15 is 0 Å². The Morgan fingerprint density at radius 1 is 1.20 bits per heavy atom. The number of fused-ring (bicyclic) bond motifs is 1. The Kier molecular flexibility index (Phi) is 4.66. The van der Waals surface area contributed by atoms with Gasteiger partial charge in [0.25, 0.3) is 0 Å². The zero-order chi connectivity index (χ0) is 17.1. The van der Waals surface area contributed by atoms with Gasteiger partial charge in [-0.1, -0.05) is 12.8 Å². The van der Waals surface area contributed by atoms with Crippen LogP contribution in [0, 0.1) is 17.2 Å². The van der Waals surface area contributed by atoms with E-state index in [-0.39, 0.29) is 0 Å². The fraction of sp³-hybridized carbons (Fsp3) is 0.526. The summed E-state index contributed by atoms with van der Waals surface area (Å²) >= 11 is 0. The summed E-state index contributed by atoms with van der Waals surface area (Å²) in [5.74, 6) is 0.981. The van der Waals surface area contributed by atoms with Crippen LogP contribution >= 0.6 is 0 Å². The largest absolute Gasteiger partial charge is 0.477 e. The number of pyridine rings is 1. The number of hydrogen-bond acceptors (Lipinski definition) is 5. The molecule has 6 heteroatoms. The van der Waals surface area contributed by atoms with E-state index in [1.807, 2.05) is 12.5 Å². The second-order valence-electron chi connectivity index (χ2n) is 7.08. The standard InChI is InChI=1S/C19H23N5O/c20-7-15-5-6-19(22-8-15)25-13-16-10-23(17-3-1-2-4-17)12-18-9-21-14-24(18)11-16/h5-6,8-9,14,16-17H,1-4,10-13H2/t16-/m1/s1. The molecule has 0 spiro atoms. The molecule has 6 nitrogen and oxygen atoms in total. The lowest BCUT2D eigenvalue weighted by molar-refractivity contribution is 0.133. The Morgan fingerprint density at radius 3 is 2.84 bits per heavy atom. The second-order valence-corrected chi connectivity index (χ2v) is 7.08. The molecule has 4 rings (SSSR count). The molecular formula is C19H23N5O. The first-order valence-electron chi connectivity index (χ1n) is 9.04. The first-order valence-corrected chi connectivity index (χ1v) is 9.04. The molecule has 0 bridgehead atoms. The van der Waals surface area contributed by atoms with Crippen LogP contribution in [0.4, 0.5) is 0 Å². The highest BCUT2D eigenvalue weighted by atomic mass is 16.5. The molecule has 3 heterocycles. The van der Waals surface area contributed by atoms with Crippen LogP contribution in [0.1, 0.15) is 36.9 Å². The summed E-state index contributed by atoms with van der Waals surface area (Å²) in [5, 5.41) is 8.85. The number of nitrogens with zero attached hydrogens (tertiary/aromatic N) is 5. The van der Waals surface area contributed by atoms with Gasteiger partial charge in [-0.2, -0.15) is 5.26 Å². The molecule has 1 saturated carbocycles. The lowest BCUT2D eigenvalue weighted by Gasteiger charge is -2.29. The molecule has 2 aromatic rings. The van der Waals surface area contributed by atoms with Crippen LogP contribution in [0.5, 0.6) is 5.88 Å². The van der Waals surface area contributed by atoms with Gasteiger partial charge in [0.1, 0.15) is 6.07 Å². The molecule has 1 atom stereocenters. The second kappa shape index (κ2) is 7.24. The van der Waals surface area contributed by atoms with Gasteiger partial charge in [-0.05, 0) is 18.9 Å². The lowest BCUT2D eigenvalue weighted by Crippen LogP contribution is -2.37. The summed E-state index contributed by atoms with van der Waals surface area (Å²) in [6.07, 6.45) is 10.8. The van der Waals surface area contributed by atoms with Gasteiger partial charge >= 0.3 is 0 Å². The summed E-state index contributed by atoms with van der Waals surface area (Å²) < 4.78 is 8.18. The van der Waals surface area contributed by atoms with Crippen molar-refractivity contribution in [1.29, 1.82) is 5.26 Å². The predicted molar refractivity (Wildman–Crippen MR) is 92.8 cm³/mol. The van der Waals surface area contributed by atoms with Crippen molar-refractivity contribution in [3.63, 3.8) is 0 Å². The Bertz CT molecular complexity index is 742. The molecule has 25 heavy (non-hydrogen) atoms. The Balaban J connectivity index is 1.45. The van der Waals surface area contributed by atoms with Crippen LogP contribution in [-0.4, -0.2) is 38.6 Å². The average Bonchev–Trinajstić information content (AvgIpc) is 3.29. The molecule has 0 N–H and O–H groups in total. The normalized spacial score (nSPS) is 21.5. The molecule has 2 aliphatic rings. The first-order chi connectivity index (χ1) is 12.3. The Labute approximate surface area is 148 Å². The minimum atomic E-state index is 0.397. The minimum absolute atomic E-state index is 0.397. The van der Waals surface area contributed by atoms with Crippen LogP contribution < -0.4 is 4.74 Å². The highest BCUT2D eigenvalue weighted by Crippen LogP contribution is 2.28. The Morgan fingerprint density at radius 2 is 2.08 bits per heavy atom. The molecule has 0 saturated heterocycles. The first kappa shape index (κ1) is 16.1. The third-order valence-electron chi connectivity index (χ3n) is 5.28. The van der Waals surface area contributed by atoms with E-state index in [1.54, 1.807) is 18.3 Å². The van der Waals surface area contributed by atoms with Crippen LogP contribution in [0.2, 0.25) is 0 Å². The van der Waals surface area contributed by atoms with E-state index in [4.69, 9.17) is 10.00 Å². The molecule has 130 valence electrons. The number of hydrogen-bond donors (Lipinski definition) is 0. The average molecular weight is 337 g/mol. The van der Waals surface area contributed by atoms with E-state index < -0.39 is 0 Å². The van der Waals surface area contributed by atoms with Crippen molar-refractivity contribution < 1.29 is 4.74 Å². The number of imidazole rings is 1. The summed E-state index contributed by atoms with van der Waals surface area (Å²) in [4.78, 5) is 11.2. The maximum Gasteiger partial charge on any atom is 0.213 e. The van der Waals surface area contributed by atoms with Gasteiger partial charge in [-0.15, -0.1) is 0 Å². The van der Waals surface area contributed by atoms with E-state index in [2.05, 4.69) is 25.5 Å². The van der Waals surface area contributed by atoms with Crippen LogP contribution in [0.25, 0.3) is 0 Å². The van der Waals surface area contributed by atoms with Gasteiger partial charge in [0.05, 0.1) is 24.2 Å². The Hall–Kier alpha value is -2.39. The van der Waals surface area contributed by atoms with Crippen LogP contribution in [-0.2, 0) is 13.1 Å². The molecule has 2 aromatic heterocycles. The van der Waals surface area contributed by atoms with Gasteiger partial charge < -0.3 is 9.30 Å². The summed E-state index contributed by atoms with van der Waals surface area (Å²) in [5.41, 5.74) is 1.85. The van der Waals surface area contributed by atoms with Crippen LogP contribution in [0.3, 0.4) is 0 Å². The zero-order valence-electron chi connectivity index (χ0n) is 14.3. The molecule has 0 unspecified atom stereocenters. The molecule has 1 fully saturated rings. The minimum Gasteiger partial charge on any atom is -0.477 e. The van der Waals surface area contributed by atoms with Gasteiger partial charge in [-0.3, -0.25) is 4.90 Å². The zero-order valence-corrected chi connectivity index (χ0v) is 14.3. The number of ether oxygens (including phenoxy) is 1. The third kappa shape index (κ3) is 3.67. The van der Waals surface area contributed by atoms with Crippen molar-refractivity contribution in [3.05, 3.63) is 42.1 Å². The third-order valence-corrected chi connectivity index (χ3v) is 5.28. The summed E-state index contributed by atoms with van der Waals surface area (Å²) in [6.45, 7) is 3.58. The number of aromatic nitrogens is 3. The molecule has 0 aromatic carbocycles. The fourth-order valence-corrected chi connectivity index (χ4v) is 3.97. The molecule has 1 aliphatic carbocycles. The maximum atomic E-state index is 8.85. The topological polar surface area (TPSA) is 67.0 Å². The molecular weight excluding hydrogens is 314 g/mol. The summed E-state index contributed by atoms with van der Waals surface area (Å²) in [7, 11) is 0. The van der Waals surface area contributed by atoms with E-state index in [0.717, 1.165) is 19.6 Å². The van der Waals surface area contributed by atoms with Crippen molar-refractivity contribution in [2.24, 2.45) is 5.92 Å². The molecule has 0 radical (unpaired) electrons. The van der Waals surface area contributed by atoms with Gasteiger partial charge in [0.2, 0.25) is 5.88 Å². The SMILES string of the molecule is N#Cc1ccc(OC[C@@H]2CN(C3CCCC3)Cc3cncn3C2)nc1. The van der Waals surface area contributed by atoms with E-state index in [1.165, 1.54) is 31.4 Å². The fourth-order valence-electron chi connectivity index (χ4n) is 3.97. The van der Waals surface area contributed by atoms with Crippen molar-refractivity contribution in [3.8, 4) is 11.9 Å². The van der Waals surface area contributed by atoms with Crippen molar-refractivity contribution in [2.75, 3.05) is 13.2 Å². The van der Waals surface area contributed by atoms with E-state index in [9.17, 15) is 0 Å². The van der Waals surface area contributed by atoms with Gasteiger partial charge in [0.15, 0.2) is 0 Å². The quantitative estimate of drug-likeness (QED) is 0.858. The molecule has 0 amide bonds. The van der Waals surface area contributed by atoms with Crippen molar-refractivity contribution >= 4 is 0 Å². The highest BCUT2D eigenvalue weighted by Gasteiger charge is 2.29. The lowest BCUT2D eigenvalue weighted by atomic mass is 10.1. The highest BCUT2D eigenvalue weighted by molar-refractivity contribution is 5.28. The predicted octanol–water partition coefficient (Wildman–Crippen LogP) is 2.60. The number of rotatable bonds is 4. The van der Waals surface area contributed by atoms with Crippen molar-refractivity contribution in [2.45, 2.75) is 44.8 Å². The van der Waals surface area contributed by atoms with Crippen LogP contribution in [0.15, 0.2) is 30.9 Å². The maximum absolute atomic E-state index is 8.85. The van der Waals surface area contributed by atoms with Gasteiger partial charge in [-0.25, -0.2) is 9.97 Å². The molecule has 1 aliphatic heterocycles. The van der Waals surface area contributed by atoms with E-state index in [0.29, 0.717) is 30.0 Å². The van der Waals surface area contributed by atoms with Gasteiger partial charge in [0, 0.05) is 50.1 Å². The summed E-state index contributed by atoms with van der Waals surface area (Å²) in [6, 6.07) is 6.28.